The Morgan fingerprint density at radius 2 is 1.59 bits per heavy atom. The van der Waals surface area contributed by atoms with Crippen LogP contribution in [0, 0.1) is 5.92 Å². The predicted octanol–water partition coefficient (Wildman–Crippen LogP) is 4.06. The Balaban J connectivity index is 1.26. The molecule has 0 unspecified atom stereocenters. The highest BCUT2D eigenvalue weighted by atomic mass is 16.5. The van der Waals surface area contributed by atoms with Crippen LogP contribution in [-0.4, -0.2) is 79.8 Å². The van der Waals surface area contributed by atoms with E-state index in [0.29, 0.717) is 12.0 Å². The standard InChI is InChI=1S/C25H43N3O/c1-21(2)18-28-12-10-25(20-28)29-17-5-11-26-13-15-27(16-14-26)19-23-6-8-24(9-7-23)22(3)4/h6-9,21-22,25H,5,10-20H2,1-4H3/t25-/m1/s1. The number of piperazine rings is 1. The quantitative estimate of drug-likeness (QED) is 0.550. The molecule has 2 aliphatic heterocycles. The third-order valence-electron chi connectivity index (χ3n) is 6.34. The molecule has 2 aliphatic rings. The lowest BCUT2D eigenvalue weighted by Gasteiger charge is -2.34. The minimum Gasteiger partial charge on any atom is -0.377 e. The first-order chi connectivity index (χ1) is 14.0. The highest BCUT2D eigenvalue weighted by Gasteiger charge is 2.23. The van der Waals surface area contributed by atoms with E-state index in [0.717, 1.165) is 32.0 Å². The van der Waals surface area contributed by atoms with E-state index in [2.05, 4.69) is 66.7 Å². The predicted molar refractivity (Wildman–Crippen MR) is 123 cm³/mol. The molecule has 2 heterocycles. The molecule has 0 amide bonds. The second kappa shape index (κ2) is 11.5. The van der Waals surface area contributed by atoms with Crippen LogP contribution in [0.3, 0.4) is 0 Å². The van der Waals surface area contributed by atoms with Gasteiger partial charge < -0.3 is 14.5 Å². The number of ether oxygens (including phenoxy) is 1. The van der Waals surface area contributed by atoms with Gasteiger partial charge in [-0.1, -0.05) is 52.0 Å². The Morgan fingerprint density at radius 1 is 0.897 bits per heavy atom. The van der Waals surface area contributed by atoms with Crippen LogP contribution in [0.25, 0.3) is 0 Å². The maximum absolute atomic E-state index is 6.15. The van der Waals surface area contributed by atoms with Crippen LogP contribution in [0.1, 0.15) is 57.6 Å². The number of hydrogen-bond acceptors (Lipinski definition) is 4. The van der Waals surface area contributed by atoms with E-state index in [1.54, 1.807) is 0 Å². The molecule has 0 bridgehead atoms. The molecule has 0 saturated carbocycles. The zero-order valence-electron chi connectivity index (χ0n) is 19.3. The average molecular weight is 402 g/mol. The van der Waals surface area contributed by atoms with Gasteiger partial charge in [0.25, 0.3) is 0 Å². The fourth-order valence-electron chi connectivity index (χ4n) is 4.59. The van der Waals surface area contributed by atoms with E-state index in [9.17, 15) is 0 Å². The van der Waals surface area contributed by atoms with Crippen LogP contribution in [0.4, 0.5) is 0 Å². The molecule has 1 atom stereocenters. The van der Waals surface area contributed by atoms with E-state index in [4.69, 9.17) is 4.74 Å². The third kappa shape index (κ3) is 7.67. The fourth-order valence-corrected chi connectivity index (χ4v) is 4.59. The molecule has 164 valence electrons. The van der Waals surface area contributed by atoms with Gasteiger partial charge in [-0.3, -0.25) is 4.90 Å². The highest BCUT2D eigenvalue weighted by molar-refractivity contribution is 5.24. The van der Waals surface area contributed by atoms with Crippen molar-refractivity contribution in [2.75, 3.05) is 59.0 Å². The maximum Gasteiger partial charge on any atom is 0.0714 e. The van der Waals surface area contributed by atoms with Gasteiger partial charge >= 0.3 is 0 Å². The molecule has 3 rings (SSSR count). The summed E-state index contributed by atoms with van der Waals surface area (Å²) in [7, 11) is 0. The van der Waals surface area contributed by atoms with Crippen molar-refractivity contribution < 1.29 is 4.74 Å². The normalized spacial score (nSPS) is 22.2. The molecule has 0 radical (unpaired) electrons. The average Bonchev–Trinajstić information content (AvgIpc) is 3.13. The molecule has 0 spiro atoms. The minimum atomic E-state index is 0.465. The first-order valence-electron chi connectivity index (χ1n) is 11.9. The Morgan fingerprint density at radius 3 is 2.24 bits per heavy atom. The lowest BCUT2D eigenvalue weighted by atomic mass is 10.0. The van der Waals surface area contributed by atoms with Gasteiger partial charge in [0.05, 0.1) is 6.10 Å². The van der Waals surface area contributed by atoms with Crippen LogP contribution < -0.4 is 0 Å². The first kappa shape index (κ1) is 22.7. The lowest BCUT2D eigenvalue weighted by molar-refractivity contribution is 0.0469. The number of rotatable bonds is 10. The first-order valence-corrected chi connectivity index (χ1v) is 11.9. The summed E-state index contributed by atoms with van der Waals surface area (Å²) in [6.07, 6.45) is 2.84. The van der Waals surface area contributed by atoms with Gasteiger partial charge in [0, 0.05) is 65.5 Å². The van der Waals surface area contributed by atoms with Crippen molar-refractivity contribution in [2.45, 2.75) is 59.1 Å². The van der Waals surface area contributed by atoms with Gasteiger partial charge in [-0.05, 0) is 35.8 Å². The molecular formula is C25H43N3O. The highest BCUT2D eigenvalue weighted by Crippen LogP contribution is 2.17. The van der Waals surface area contributed by atoms with Crippen molar-refractivity contribution in [3.8, 4) is 0 Å². The monoisotopic (exact) mass is 401 g/mol. The molecule has 1 aromatic rings. The molecule has 1 aromatic carbocycles. The topological polar surface area (TPSA) is 19.0 Å². The molecule has 4 heteroatoms. The van der Waals surface area contributed by atoms with Crippen LogP contribution >= 0.6 is 0 Å². The smallest absolute Gasteiger partial charge is 0.0714 e. The van der Waals surface area contributed by atoms with Crippen molar-refractivity contribution in [2.24, 2.45) is 5.92 Å². The molecule has 4 nitrogen and oxygen atoms in total. The van der Waals surface area contributed by atoms with Crippen LogP contribution in [0.15, 0.2) is 24.3 Å². The number of likely N-dealkylation sites (tertiary alicyclic amines) is 1. The van der Waals surface area contributed by atoms with Crippen LogP contribution in [-0.2, 0) is 11.3 Å². The summed E-state index contributed by atoms with van der Waals surface area (Å²) in [5.41, 5.74) is 2.88. The molecule has 0 aromatic heterocycles. The van der Waals surface area contributed by atoms with Crippen molar-refractivity contribution >= 4 is 0 Å². The zero-order chi connectivity index (χ0) is 20.6. The molecule has 0 aliphatic carbocycles. The van der Waals surface area contributed by atoms with Gasteiger partial charge in [0.1, 0.15) is 0 Å². The molecule has 0 N–H and O–H groups in total. The number of nitrogens with zero attached hydrogens (tertiary/aromatic N) is 3. The summed E-state index contributed by atoms with van der Waals surface area (Å²) in [5.74, 6) is 1.37. The number of benzene rings is 1. The van der Waals surface area contributed by atoms with E-state index in [1.807, 2.05) is 0 Å². The molecule has 2 fully saturated rings. The zero-order valence-corrected chi connectivity index (χ0v) is 19.3. The van der Waals surface area contributed by atoms with Crippen molar-refractivity contribution in [1.82, 2.24) is 14.7 Å². The summed E-state index contributed by atoms with van der Waals surface area (Å²) in [6.45, 7) is 20.6. The Kier molecular flexibility index (Phi) is 8.98. The van der Waals surface area contributed by atoms with E-state index >= 15 is 0 Å². The Bertz CT molecular complexity index is 578. The molecule has 2 saturated heterocycles. The van der Waals surface area contributed by atoms with Gasteiger partial charge in [0.2, 0.25) is 0 Å². The Hall–Kier alpha value is -0.940. The van der Waals surface area contributed by atoms with Crippen LogP contribution in [0.2, 0.25) is 0 Å². The van der Waals surface area contributed by atoms with Gasteiger partial charge in [-0.25, -0.2) is 0 Å². The van der Waals surface area contributed by atoms with Gasteiger partial charge in [-0.15, -0.1) is 0 Å². The Labute approximate surface area is 179 Å². The van der Waals surface area contributed by atoms with Gasteiger partial charge in [0.15, 0.2) is 0 Å². The minimum absolute atomic E-state index is 0.465. The second-order valence-electron chi connectivity index (χ2n) is 9.80. The van der Waals surface area contributed by atoms with E-state index in [-0.39, 0.29) is 0 Å². The van der Waals surface area contributed by atoms with Crippen molar-refractivity contribution in [1.29, 1.82) is 0 Å². The largest absolute Gasteiger partial charge is 0.377 e. The lowest BCUT2D eigenvalue weighted by Crippen LogP contribution is -2.46. The van der Waals surface area contributed by atoms with E-state index < -0.39 is 0 Å². The summed E-state index contributed by atoms with van der Waals surface area (Å²) in [4.78, 5) is 7.77. The van der Waals surface area contributed by atoms with Crippen molar-refractivity contribution in [3.05, 3.63) is 35.4 Å². The third-order valence-corrected chi connectivity index (χ3v) is 6.34. The SMILES string of the molecule is CC(C)CN1CC[C@@H](OCCCN2CCN(Cc3ccc(C(C)C)cc3)CC2)C1. The summed E-state index contributed by atoms with van der Waals surface area (Å²) in [6, 6.07) is 9.21. The van der Waals surface area contributed by atoms with Crippen molar-refractivity contribution in [3.63, 3.8) is 0 Å². The maximum atomic E-state index is 6.15. The van der Waals surface area contributed by atoms with Gasteiger partial charge in [-0.2, -0.15) is 0 Å². The summed E-state index contributed by atoms with van der Waals surface area (Å²) < 4.78 is 6.15. The summed E-state index contributed by atoms with van der Waals surface area (Å²) in [5, 5.41) is 0. The fraction of sp³-hybridized carbons (Fsp3) is 0.760. The summed E-state index contributed by atoms with van der Waals surface area (Å²) >= 11 is 0. The second-order valence-corrected chi connectivity index (χ2v) is 9.80. The molecule has 29 heavy (non-hydrogen) atoms. The van der Waals surface area contributed by atoms with Crippen LogP contribution in [0.5, 0.6) is 0 Å². The van der Waals surface area contributed by atoms with E-state index in [1.165, 1.54) is 63.4 Å². The number of hydrogen-bond donors (Lipinski definition) is 0. The molecular weight excluding hydrogens is 358 g/mol.